The lowest BCUT2D eigenvalue weighted by Crippen LogP contribution is -2.29. The van der Waals surface area contributed by atoms with Crippen LogP contribution in [0.5, 0.6) is 5.75 Å². The fourth-order valence-electron chi connectivity index (χ4n) is 1.31. The van der Waals surface area contributed by atoms with Crippen molar-refractivity contribution in [1.29, 1.82) is 0 Å². The smallest absolute Gasteiger partial charge is 0.239 e. The third kappa shape index (κ3) is 4.74. The van der Waals surface area contributed by atoms with Gasteiger partial charge in [-0.2, -0.15) is 0 Å². The van der Waals surface area contributed by atoms with Crippen molar-refractivity contribution in [2.24, 2.45) is 0 Å². The van der Waals surface area contributed by atoms with E-state index in [0.29, 0.717) is 18.9 Å². The van der Waals surface area contributed by atoms with Crippen LogP contribution in [-0.4, -0.2) is 25.6 Å². The van der Waals surface area contributed by atoms with E-state index in [-0.39, 0.29) is 12.5 Å². The Morgan fingerprint density at radius 1 is 1.28 bits per heavy atom. The quantitative estimate of drug-likeness (QED) is 0.689. The molecule has 0 aromatic heterocycles. The SMILES string of the molecule is C=CCNC(=O)CNc1ccccc1OCC=C. The first-order valence-corrected chi connectivity index (χ1v) is 5.72. The van der Waals surface area contributed by atoms with E-state index in [1.807, 2.05) is 24.3 Å². The lowest BCUT2D eigenvalue weighted by atomic mass is 10.3. The van der Waals surface area contributed by atoms with Crippen molar-refractivity contribution < 1.29 is 9.53 Å². The zero-order valence-electron chi connectivity index (χ0n) is 10.3. The van der Waals surface area contributed by atoms with Gasteiger partial charge in [0, 0.05) is 6.54 Å². The number of hydrogen-bond acceptors (Lipinski definition) is 3. The van der Waals surface area contributed by atoms with Crippen LogP contribution in [-0.2, 0) is 4.79 Å². The van der Waals surface area contributed by atoms with Gasteiger partial charge in [0.1, 0.15) is 12.4 Å². The minimum Gasteiger partial charge on any atom is -0.487 e. The number of carbonyl (C=O) groups excluding carboxylic acids is 1. The van der Waals surface area contributed by atoms with Crippen molar-refractivity contribution in [3.05, 3.63) is 49.6 Å². The summed E-state index contributed by atoms with van der Waals surface area (Å²) >= 11 is 0. The van der Waals surface area contributed by atoms with Crippen molar-refractivity contribution in [2.75, 3.05) is 25.0 Å². The summed E-state index contributed by atoms with van der Waals surface area (Å²) in [6, 6.07) is 7.46. The van der Waals surface area contributed by atoms with Gasteiger partial charge in [-0.25, -0.2) is 0 Å². The van der Waals surface area contributed by atoms with E-state index in [9.17, 15) is 4.79 Å². The molecule has 0 saturated heterocycles. The van der Waals surface area contributed by atoms with E-state index in [2.05, 4.69) is 23.8 Å². The van der Waals surface area contributed by atoms with Crippen LogP contribution in [0.2, 0.25) is 0 Å². The van der Waals surface area contributed by atoms with Gasteiger partial charge in [-0.1, -0.05) is 30.9 Å². The molecular formula is C14H18N2O2. The summed E-state index contributed by atoms with van der Waals surface area (Å²) in [5.74, 6) is 0.613. The molecule has 0 unspecified atom stereocenters. The summed E-state index contributed by atoms with van der Waals surface area (Å²) in [4.78, 5) is 11.4. The largest absolute Gasteiger partial charge is 0.487 e. The van der Waals surface area contributed by atoms with Crippen LogP contribution >= 0.6 is 0 Å². The van der Waals surface area contributed by atoms with Gasteiger partial charge in [0.2, 0.25) is 5.91 Å². The van der Waals surface area contributed by atoms with E-state index >= 15 is 0 Å². The highest BCUT2D eigenvalue weighted by atomic mass is 16.5. The second-order valence-electron chi connectivity index (χ2n) is 3.54. The first-order valence-electron chi connectivity index (χ1n) is 5.72. The second-order valence-corrected chi connectivity index (χ2v) is 3.54. The Bertz CT molecular complexity index is 416. The molecule has 0 heterocycles. The molecule has 0 bridgehead atoms. The number of benzene rings is 1. The van der Waals surface area contributed by atoms with Gasteiger partial charge in [0.25, 0.3) is 0 Å². The highest BCUT2D eigenvalue weighted by molar-refractivity contribution is 5.81. The third-order valence-electron chi connectivity index (χ3n) is 2.13. The van der Waals surface area contributed by atoms with Crippen molar-refractivity contribution >= 4 is 11.6 Å². The summed E-state index contributed by atoms with van der Waals surface area (Å²) < 4.78 is 5.47. The van der Waals surface area contributed by atoms with Crippen LogP contribution < -0.4 is 15.4 Å². The van der Waals surface area contributed by atoms with Crippen molar-refractivity contribution in [3.8, 4) is 5.75 Å². The van der Waals surface area contributed by atoms with Crippen LogP contribution in [0.1, 0.15) is 0 Å². The molecule has 4 heteroatoms. The van der Waals surface area contributed by atoms with Crippen LogP contribution in [0.25, 0.3) is 0 Å². The monoisotopic (exact) mass is 246 g/mol. The maximum atomic E-state index is 11.4. The van der Waals surface area contributed by atoms with Crippen LogP contribution in [0.15, 0.2) is 49.6 Å². The Hall–Kier alpha value is -2.23. The van der Waals surface area contributed by atoms with Gasteiger partial charge in [0.15, 0.2) is 0 Å². The van der Waals surface area contributed by atoms with Crippen molar-refractivity contribution in [1.82, 2.24) is 5.32 Å². The molecule has 0 aliphatic rings. The third-order valence-corrected chi connectivity index (χ3v) is 2.13. The Kier molecular flexibility index (Phi) is 6.11. The predicted octanol–water partition coefficient (Wildman–Crippen LogP) is 1.97. The molecule has 2 N–H and O–H groups in total. The van der Waals surface area contributed by atoms with Crippen molar-refractivity contribution in [3.63, 3.8) is 0 Å². The number of carbonyl (C=O) groups is 1. The number of anilines is 1. The summed E-state index contributed by atoms with van der Waals surface area (Å²) in [6.07, 6.45) is 3.31. The second kappa shape index (κ2) is 7.95. The average Bonchev–Trinajstić information content (AvgIpc) is 2.41. The molecule has 0 aliphatic heterocycles. The molecule has 0 aliphatic carbocycles. The van der Waals surface area contributed by atoms with E-state index in [1.54, 1.807) is 12.2 Å². The minimum atomic E-state index is -0.0894. The lowest BCUT2D eigenvalue weighted by Gasteiger charge is -2.11. The summed E-state index contributed by atoms with van der Waals surface area (Å²) in [5.41, 5.74) is 0.785. The molecule has 0 spiro atoms. The number of ether oxygens (including phenoxy) is 1. The number of para-hydroxylation sites is 2. The van der Waals surface area contributed by atoms with Crippen LogP contribution in [0.3, 0.4) is 0 Å². The summed E-state index contributed by atoms with van der Waals surface area (Å²) in [5, 5.41) is 5.71. The fourth-order valence-corrected chi connectivity index (χ4v) is 1.31. The molecule has 1 aromatic rings. The maximum Gasteiger partial charge on any atom is 0.239 e. The Labute approximate surface area is 107 Å². The number of hydrogen-bond donors (Lipinski definition) is 2. The lowest BCUT2D eigenvalue weighted by molar-refractivity contribution is -0.119. The van der Waals surface area contributed by atoms with E-state index in [4.69, 9.17) is 4.74 Å². The zero-order chi connectivity index (χ0) is 13.2. The number of amides is 1. The van der Waals surface area contributed by atoms with Gasteiger partial charge in [-0.15, -0.1) is 6.58 Å². The number of nitrogens with one attached hydrogen (secondary N) is 2. The molecule has 18 heavy (non-hydrogen) atoms. The molecule has 96 valence electrons. The van der Waals surface area contributed by atoms with Gasteiger partial charge in [0.05, 0.1) is 12.2 Å². The molecule has 0 atom stereocenters. The van der Waals surface area contributed by atoms with Crippen LogP contribution in [0.4, 0.5) is 5.69 Å². The number of rotatable bonds is 8. The summed E-state index contributed by atoms with van der Waals surface area (Å²) in [6.45, 7) is 8.22. The Balaban J connectivity index is 2.52. The standard InChI is InChI=1S/C14H18N2O2/c1-3-9-15-14(17)11-16-12-7-5-6-8-13(12)18-10-4-2/h3-8,16H,1-2,9-11H2,(H,15,17). The highest BCUT2D eigenvalue weighted by Crippen LogP contribution is 2.23. The van der Waals surface area contributed by atoms with Gasteiger partial charge in [-0.05, 0) is 12.1 Å². The van der Waals surface area contributed by atoms with E-state index in [1.165, 1.54) is 0 Å². The van der Waals surface area contributed by atoms with Crippen LogP contribution in [0, 0.1) is 0 Å². The maximum absolute atomic E-state index is 11.4. The van der Waals surface area contributed by atoms with Gasteiger partial charge < -0.3 is 15.4 Å². The van der Waals surface area contributed by atoms with Gasteiger partial charge >= 0.3 is 0 Å². The minimum absolute atomic E-state index is 0.0894. The first-order chi connectivity index (χ1) is 8.77. The normalized spacial score (nSPS) is 9.33. The zero-order valence-corrected chi connectivity index (χ0v) is 10.3. The first kappa shape index (κ1) is 13.8. The Morgan fingerprint density at radius 3 is 2.78 bits per heavy atom. The molecular weight excluding hydrogens is 228 g/mol. The highest BCUT2D eigenvalue weighted by Gasteiger charge is 2.04. The topological polar surface area (TPSA) is 50.4 Å². The average molecular weight is 246 g/mol. The molecule has 0 radical (unpaired) electrons. The molecule has 4 nitrogen and oxygen atoms in total. The summed E-state index contributed by atoms with van der Waals surface area (Å²) in [7, 11) is 0. The van der Waals surface area contributed by atoms with E-state index in [0.717, 1.165) is 5.69 Å². The molecule has 0 saturated carbocycles. The molecule has 1 amide bonds. The molecule has 1 rings (SSSR count). The molecule has 1 aromatic carbocycles. The Morgan fingerprint density at radius 2 is 2.06 bits per heavy atom. The van der Waals surface area contributed by atoms with E-state index < -0.39 is 0 Å². The van der Waals surface area contributed by atoms with Gasteiger partial charge in [-0.3, -0.25) is 4.79 Å². The molecule has 0 fully saturated rings. The predicted molar refractivity (Wildman–Crippen MR) is 73.8 cm³/mol. The fraction of sp³-hybridized carbons (Fsp3) is 0.214. The van der Waals surface area contributed by atoms with Crippen molar-refractivity contribution in [2.45, 2.75) is 0 Å².